The first-order valence-electron chi connectivity index (χ1n) is 6.57. The standard InChI is InChI=1S/C14H18N2O3/c1-9-5-7-10(8-6-9)15-13(17)11-3-2-4-12(16-11)14(18)19/h2-4,9-10H,5-8H2,1H3,(H,15,17)(H,18,19). The molecule has 0 atom stereocenters. The predicted molar refractivity (Wildman–Crippen MR) is 70.1 cm³/mol. The fourth-order valence-electron chi connectivity index (χ4n) is 2.34. The highest BCUT2D eigenvalue weighted by atomic mass is 16.4. The van der Waals surface area contributed by atoms with E-state index in [1.54, 1.807) is 0 Å². The van der Waals surface area contributed by atoms with Crippen LogP contribution in [0, 0.1) is 5.92 Å². The Hall–Kier alpha value is -1.91. The van der Waals surface area contributed by atoms with Crippen LogP contribution >= 0.6 is 0 Å². The van der Waals surface area contributed by atoms with Crippen LogP contribution in [-0.2, 0) is 0 Å². The van der Waals surface area contributed by atoms with E-state index in [-0.39, 0.29) is 23.3 Å². The molecule has 0 saturated heterocycles. The van der Waals surface area contributed by atoms with Crippen LogP contribution in [-0.4, -0.2) is 28.0 Å². The number of nitrogens with zero attached hydrogens (tertiary/aromatic N) is 1. The first-order chi connectivity index (χ1) is 9.06. The smallest absolute Gasteiger partial charge is 0.354 e. The number of aromatic nitrogens is 1. The van der Waals surface area contributed by atoms with Crippen LogP contribution in [0.1, 0.15) is 53.6 Å². The van der Waals surface area contributed by atoms with E-state index < -0.39 is 5.97 Å². The average Bonchev–Trinajstić information content (AvgIpc) is 2.41. The number of carboxylic acid groups (broad SMARTS) is 1. The van der Waals surface area contributed by atoms with Crippen molar-refractivity contribution < 1.29 is 14.7 Å². The zero-order chi connectivity index (χ0) is 13.8. The van der Waals surface area contributed by atoms with Crippen molar-refractivity contribution in [3.8, 4) is 0 Å². The molecule has 102 valence electrons. The van der Waals surface area contributed by atoms with Crippen LogP contribution in [0.25, 0.3) is 0 Å². The van der Waals surface area contributed by atoms with Crippen molar-refractivity contribution in [1.82, 2.24) is 10.3 Å². The zero-order valence-electron chi connectivity index (χ0n) is 10.9. The maximum atomic E-state index is 12.0. The highest BCUT2D eigenvalue weighted by Crippen LogP contribution is 2.23. The van der Waals surface area contributed by atoms with E-state index >= 15 is 0 Å². The van der Waals surface area contributed by atoms with E-state index in [1.165, 1.54) is 18.2 Å². The first kappa shape index (κ1) is 13.5. The number of aromatic carboxylic acids is 1. The van der Waals surface area contributed by atoms with Crippen molar-refractivity contribution in [2.75, 3.05) is 0 Å². The highest BCUT2D eigenvalue weighted by molar-refractivity contribution is 5.94. The maximum Gasteiger partial charge on any atom is 0.354 e. The summed E-state index contributed by atoms with van der Waals surface area (Å²) in [7, 11) is 0. The number of hydrogen-bond acceptors (Lipinski definition) is 3. The number of pyridine rings is 1. The van der Waals surface area contributed by atoms with Crippen LogP contribution in [0.2, 0.25) is 0 Å². The van der Waals surface area contributed by atoms with Crippen molar-refractivity contribution in [3.05, 3.63) is 29.6 Å². The van der Waals surface area contributed by atoms with Crippen LogP contribution in [0.3, 0.4) is 0 Å². The van der Waals surface area contributed by atoms with Gasteiger partial charge >= 0.3 is 5.97 Å². The zero-order valence-corrected chi connectivity index (χ0v) is 10.9. The third kappa shape index (κ3) is 3.53. The quantitative estimate of drug-likeness (QED) is 0.874. The molecular weight excluding hydrogens is 244 g/mol. The highest BCUT2D eigenvalue weighted by Gasteiger charge is 2.21. The Morgan fingerprint density at radius 2 is 1.84 bits per heavy atom. The summed E-state index contributed by atoms with van der Waals surface area (Å²) in [6.07, 6.45) is 4.19. The second kappa shape index (κ2) is 5.82. The summed E-state index contributed by atoms with van der Waals surface area (Å²) in [5, 5.41) is 11.8. The van der Waals surface area contributed by atoms with Gasteiger partial charge in [0, 0.05) is 6.04 Å². The Kier molecular flexibility index (Phi) is 4.14. The number of nitrogens with one attached hydrogen (secondary N) is 1. The largest absolute Gasteiger partial charge is 0.477 e. The summed E-state index contributed by atoms with van der Waals surface area (Å²) >= 11 is 0. The van der Waals surface area contributed by atoms with Gasteiger partial charge in [-0.1, -0.05) is 13.0 Å². The summed E-state index contributed by atoms with van der Waals surface area (Å²) in [5.74, 6) is -0.689. The normalized spacial score (nSPS) is 22.8. The molecule has 1 aliphatic carbocycles. The molecule has 2 N–H and O–H groups in total. The molecule has 19 heavy (non-hydrogen) atoms. The van der Waals surface area contributed by atoms with Gasteiger partial charge < -0.3 is 10.4 Å². The summed E-state index contributed by atoms with van der Waals surface area (Å²) in [6.45, 7) is 2.22. The van der Waals surface area contributed by atoms with Gasteiger partial charge in [0.15, 0.2) is 0 Å². The minimum atomic E-state index is -1.12. The number of carbonyl (C=O) groups is 2. The molecule has 2 rings (SSSR count). The molecule has 5 nitrogen and oxygen atoms in total. The summed E-state index contributed by atoms with van der Waals surface area (Å²) < 4.78 is 0. The molecule has 0 bridgehead atoms. The van der Waals surface area contributed by atoms with E-state index in [0.717, 1.165) is 31.6 Å². The van der Waals surface area contributed by atoms with Gasteiger partial charge in [-0.2, -0.15) is 0 Å². The lowest BCUT2D eigenvalue weighted by Gasteiger charge is -2.26. The molecule has 1 fully saturated rings. The Morgan fingerprint density at radius 3 is 2.47 bits per heavy atom. The predicted octanol–water partition coefficient (Wildman–Crippen LogP) is 2.09. The van der Waals surface area contributed by atoms with Gasteiger partial charge in [-0.05, 0) is 43.7 Å². The molecule has 1 heterocycles. The lowest BCUT2D eigenvalue weighted by molar-refractivity contribution is 0.0690. The summed E-state index contributed by atoms with van der Waals surface area (Å²) in [4.78, 5) is 26.7. The van der Waals surface area contributed by atoms with Gasteiger partial charge in [0.05, 0.1) is 0 Å². The molecule has 0 radical (unpaired) electrons. The first-order valence-corrected chi connectivity index (χ1v) is 6.57. The third-order valence-corrected chi connectivity index (χ3v) is 3.55. The topological polar surface area (TPSA) is 79.3 Å². The molecule has 1 aromatic rings. The van der Waals surface area contributed by atoms with Gasteiger partial charge in [0.25, 0.3) is 5.91 Å². The Labute approximate surface area is 112 Å². The Bertz CT molecular complexity index is 479. The molecule has 0 aromatic carbocycles. The van der Waals surface area contributed by atoms with E-state index in [1.807, 2.05) is 0 Å². The minimum Gasteiger partial charge on any atom is -0.477 e. The van der Waals surface area contributed by atoms with Crippen LogP contribution in [0.4, 0.5) is 0 Å². The third-order valence-electron chi connectivity index (χ3n) is 3.55. The summed E-state index contributed by atoms with van der Waals surface area (Å²) in [6, 6.07) is 4.63. The number of hydrogen-bond donors (Lipinski definition) is 2. The van der Waals surface area contributed by atoms with Gasteiger partial charge in [-0.25, -0.2) is 9.78 Å². The van der Waals surface area contributed by atoms with Crippen molar-refractivity contribution in [2.45, 2.75) is 38.6 Å². The average molecular weight is 262 g/mol. The van der Waals surface area contributed by atoms with E-state index in [9.17, 15) is 9.59 Å². The molecular formula is C14H18N2O3. The molecule has 0 aliphatic heterocycles. The van der Waals surface area contributed by atoms with E-state index in [0.29, 0.717) is 0 Å². The van der Waals surface area contributed by atoms with Gasteiger partial charge in [0.2, 0.25) is 0 Å². The van der Waals surface area contributed by atoms with Crippen LogP contribution in [0.5, 0.6) is 0 Å². The van der Waals surface area contributed by atoms with Crippen molar-refractivity contribution in [1.29, 1.82) is 0 Å². The maximum absolute atomic E-state index is 12.0. The number of carboxylic acids is 1. The monoisotopic (exact) mass is 262 g/mol. The Balaban J connectivity index is 2.00. The Morgan fingerprint density at radius 1 is 1.21 bits per heavy atom. The van der Waals surface area contributed by atoms with Gasteiger partial charge in [-0.3, -0.25) is 4.79 Å². The van der Waals surface area contributed by atoms with Gasteiger partial charge in [0.1, 0.15) is 11.4 Å². The lowest BCUT2D eigenvalue weighted by atomic mass is 9.87. The molecule has 1 amide bonds. The molecule has 1 saturated carbocycles. The second-order valence-corrected chi connectivity index (χ2v) is 5.14. The molecule has 5 heteroatoms. The number of carbonyl (C=O) groups excluding carboxylic acids is 1. The minimum absolute atomic E-state index is 0.107. The fraction of sp³-hybridized carbons (Fsp3) is 0.500. The lowest BCUT2D eigenvalue weighted by Crippen LogP contribution is -2.37. The summed E-state index contributed by atoms with van der Waals surface area (Å²) in [5.41, 5.74) is 0.0587. The number of rotatable bonds is 3. The SMILES string of the molecule is CC1CCC(NC(=O)c2cccc(C(=O)O)n2)CC1. The molecule has 0 spiro atoms. The molecule has 1 aromatic heterocycles. The van der Waals surface area contributed by atoms with Crippen molar-refractivity contribution in [2.24, 2.45) is 5.92 Å². The van der Waals surface area contributed by atoms with E-state index in [2.05, 4.69) is 17.2 Å². The molecule has 1 aliphatic rings. The van der Waals surface area contributed by atoms with Crippen LogP contribution in [0.15, 0.2) is 18.2 Å². The van der Waals surface area contributed by atoms with Crippen molar-refractivity contribution >= 4 is 11.9 Å². The van der Waals surface area contributed by atoms with Crippen molar-refractivity contribution in [3.63, 3.8) is 0 Å². The van der Waals surface area contributed by atoms with E-state index in [4.69, 9.17) is 5.11 Å². The molecule has 0 unspecified atom stereocenters. The second-order valence-electron chi connectivity index (χ2n) is 5.14. The number of amides is 1. The van der Waals surface area contributed by atoms with Crippen LogP contribution < -0.4 is 5.32 Å². The van der Waals surface area contributed by atoms with Gasteiger partial charge in [-0.15, -0.1) is 0 Å². The fourth-order valence-corrected chi connectivity index (χ4v) is 2.34.